The van der Waals surface area contributed by atoms with E-state index in [9.17, 15) is 4.79 Å². The maximum absolute atomic E-state index is 12.2. The molecular formula is C16H16N2O2. The maximum Gasteiger partial charge on any atom is 0.265 e. The second kappa shape index (κ2) is 5.25. The number of nitrogen functional groups attached to an aromatic ring is 1. The normalized spacial score (nSPS) is 17.8. The van der Waals surface area contributed by atoms with E-state index in [1.807, 2.05) is 36.4 Å². The van der Waals surface area contributed by atoms with E-state index < -0.39 is 6.10 Å². The van der Waals surface area contributed by atoms with Gasteiger partial charge in [0.15, 0.2) is 6.10 Å². The largest absolute Gasteiger partial charge is 0.481 e. The zero-order chi connectivity index (χ0) is 13.9. The lowest BCUT2D eigenvalue weighted by Crippen LogP contribution is -2.31. The quantitative estimate of drug-likeness (QED) is 0.823. The Balaban J connectivity index is 1.78. The van der Waals surface area contributed by atoms with Crippen LogP contribution in [0.25, 0.3) is 0 Å². The van der Waals surface area contributed by atoms with Gasteiger partial charge in [-0.3, -0.25) is 4.79 Å². The molecule has 2 aromatic rings. The number of rotatable bonds is 2. The lowest BCUT2D eigenvalue weighted by molar-refractivity contribution is -0.122. The van der Waals surface area contributed by atoms with Crippen LogP contribution in [0.2, 0.25) is 0 Å². The Kier molecular flexibility index (Phi) is 3.29. The Hall–Kier alpha value is -2.49. The fourth-order valence-corrected chi connectivity index (χ4v) is 2.36. The van der Waals surface area contributed by atoms with Crippen LogP contribution in [0.4, 0.5) is 11.4 Å². The number of aryl methyl sites for hydroxylation is 1. The minimum absolute atomic E-state index is 0.114. The smallest absolute Gasteiger partial charge is 0.265 e. The van der Waals surface area contributed by atoms with Crippen molar-refractivity contribution in [3.05, 3.63) is 54.1 Å². The van der Waals surface area contributed by atoms with E-state index in [0.717, 1.165) is 17.7 Å². The number of fused-ring (bicyclic) bond motifs is 1. The molecule has 1 aliphatic rings. The molecule has 0 saturated carbocycles. The summed E-state index contributed by atoms with van der Waals surface area (Å²) >= 11 is 0. The molecule has 0 aromatic heterocycles. The predicted molar refractivity (Wildman–Crippen MR) is 78.7 cm³/mol. The van der Waals surface area contributed by atoms with Crippen molar-refractivity contribution in [2.24, 2.45) is 0 Å². The average molecular weight is 268 g/mol. The highest BCUT2D eigenvalue weighted by Gasteiger charge is 2.24. The van der Waals surface area contributed by atoms with Crippen LogP contribution in [0, 0.1) is 0 Å². The summed E-state index contributed by atoms with van der Waals surface area (Å²) in [5, 5.41) is 2.91. The van der Waals surface area contributed by atoms with Gasteiger partial charge < -0.3 is 15.8 Å². The first-order valence-electron chi connectivity index (χ1n) is 6.63. The van der Waals surface area contributed by atoms with Crippen LogP contribution in [-0.4, -0.2) is 12.0 Å². The number of anilines is 2. The van der Waals surface area contributed by atoms with E-state index >= 15 is 0 Å². The van der Waals surface area contributed by atoms with Gasteiger partial charge in [-0.2, -0.15) is 0 Å². The fourth-order valence-electron chi connectivity index (χ4n) is 2.36. The molecule has 1 aliphatic heterocycles. The molecule has 4 nitrogen and oxygen atoms in total. The number of amides is 1. The third-order valence-electron chi connectivity index (χ3n) is 3.38. The van der Waals surface area contributed by atoms with Crippen LogP contribution >= 0.6 is 0 Å². The first-order chi connectivity index (χ1) is 9.72. The number of nitrogens with two attached hydrogens (primary N) is 1. The molecule has 0 aliphatic carbocycles. The van der Waals surface area contributed by atoms with Crippen molar-refractivity contribution in [2.75, 3.05) is 11.1 Å². The minimum atomic E-state index is -0.496. The van der Waals surface area contributed by atoms with Gasteiger partial charge in [-0.05, 0) is 36.6 Å². The zero-order valence-electron chi connectivity index (χ0n) is 11.0. The van der Waals surface area contributed by atoms with Crippen LogP contribution in [0.5, 0.6) is 5.75 Å². The van der Waals surface area contributed by atoms with Crippen molar-refractivity contribution in [1.82, 2.24) is 0 Å². The van der Waals surface area contributed by atoms with Gasteiger partial charge in [0.1, 0.15) is 5.75 Å². The van der Waals surface area contributed by atoms with Crippen LogP contribution in [0.3, 0.4) is 0 Å². The average Bonchev–Trinajstić information content (AvgIpc) is 2.59. The molecule has 1 heterocycles. The maximum atomic E-state index is 12.2. The molecule has 3 rings (SSSR count). The topological polar surface area (TPSA) is 64.3 Å². The summed E-state index contributed by atoms with van der Waals surface area (Å²) in [7, 11) is 0. The fraction of sp³-hybridized carbons (Fsp3) is 0.188. The lowest BCUT2D eigenvalue weighted by atomic mass is 10.1. The van der Waals surface area contributed by atoms with Crippen molar-refractivity contribution in [3.8, 4) is 5.75 Å². The van der Waals surface area contributed by atoms with Gasteiger partial charge in [0, 0.05) is 17.4 Å². The lowest BCUT2D eigenvalue weighted by Gasteiger charge is -2.16. The number of hydrogen-bond acceptors (Lipinski definition) is 3. The Morgan fingerprint density at radius 1 is 1.15 bits per heavy atom. The van der Waals surface area contributed by atoms with E-state index in [-0.39, 0.29) is 5.91 Å². The van der Waals surface area contributed by atoms with E-state index in [0.29, 0.717) is 17.9 Å². The molecule has 1 unspecified atom stereocenters. The Morgan fingerprint density at radius 3 is 2.85 bits per heavy atom. The number of carbonyl (C=O) groups excluding carboxylic acids is 1. The number of carbonyl (C=O) groups is 1. The van der Waals surface area contributed by atoms with Crippen molar-refractivity contribution < 1.29 is 9.53 Å². The molecule has 4 heteroatoms. The van der Waals surface area contributed by atoms with E-state index in [4.69, 9.17) is 10.5 Å². The Morgan fingerprint density at radius 2 is 2.00 bits per heavy atom. The summed E-state index contributed by atoms with van der Waals surface area (Å²) < 4.78 is 5.77. The molecule has 3 N–H and O–H groups in total. The van der Waals surface area contributed by atoms with Gasteiger partial charge in [-0.1, -0.05) is 24.3 Å². The van der Waals surface area contributed by atoms with Gasteiger partial charge >= 0.3 is 0 Å². The first kappa shape index (κ1) is 12.5. The predicted octanol–water partition coefficient (Wildman–Crippen LogP) is 2.60. The van der Waals surface area contributed by atoms with Crippen LogP contribution in [-0.2, 0) is 11.2 Å². The summed E-state index contributed by atoms with van der Waals surface area (Å²) in [6.45, 7) is 0. The van der Waals surface area contributed by atoms with Crippen molar-refractivity contribution in [3.63, 3.8) is 0 Å². The minimum Gasteiger partial charge on any atom is -0.481 e. The van der Waals surface area contributed by atoms with Gasteiger partial charge in [0.2, 0.25) is 0 Å². The third-order valence-corrected chi connectivity index (χ3v) is 3.38. The summed E-state index contributed by atoms with van der Waals surface area (Å²) in [6.07, 6.45) is 0.962. The summed E-state index contributed by atoms with van der Waals surface area (Å²) in [4.78, 5) is 12.2. The summed E-state index contributed by atoms with van der Waals surface area (Å²) in [5.41, 5.74) is 8.35. The first-order valence-corrected chi connectivity index (χ1v) is 6.63. The zero-order valence-corrected chi connectivity index (χ0v) is 11.0. The second-order valence-corrected chi connectivity index (χ2v) is 4.86. The number of nitrogens with one attached hydrogen (secondary N) is 1. The molecule has 1 amide bonds. The monoisotopic (exact) mass is 268 g/mol. The van der Waals surface area contributed by atoms with Crippen LogP contribution < -0.4 is 15.8 Å². The number of ether oxygens (including phenoxy) is 1. The molecule has 0 spiro atoms. The summed E-state index contributed by atoms with van der Waals surface area (Å²) in [6, 6.07) is 15.0. The van der Waals surface area contributed by atoms with Crippen molar-refractivity contribution in [2.45, 2.75) is 18.9 Å². The number of benzene rings is 2. The standard InChI is InChI=1S/C16H16N2O2/c17-12-5-3-6-13(10-12)20-15-9-8-11-4-1-2-7-14(11)18-16(15)19/h1-7,10,15H,8-9,17H2,(H,18,19). The molecule has 2 aromatic carbocycles. The van der Waals surface area contributed by atoms with Gasteiger partial charge in [0.25, 0.3) is 5.91 Å². The van der Waals surface area contributed by atoms with Gasteiger partial charge in [-0.25, -0.2) is 0 Å². The summed E-state index contributed by atoms with van der Waals surface area (Å²) in [5.74, 6) is 0.508. The highest BCUT2D eigenvalue weighted by atomic mass is 16.5. The Labute approximate surface area is 117 Å². The third kappa shape index (κ3) is 2.59. The van der Waals surface area contributed by atoms with Crippen LogP contribution in [0.15, 0.2) is 48.5 Å². The Bertz CT molecular complexity index is 640. The van der Waals surface area contributed by atoms with E-state index in [1.165, 1.54) is 0 Å². The molecule has 102 valence electrons. The van der Waals surface area contributed by atoms with E-state index in [1.54, 1.807) is 12.1 Å². The highest BCUT2D eigenvalue weighted by molar-refractivity contribution is 5.95. The van der Waals surface area contributed by atoms with Crippen molar-refractivity contribution >= 4 is 17.3 Å². The molecule has 0 fully saturated rings. The molecule has 1 atom stereocenters. The molecular weight excluding hydrogens is 252 g/mol. The molecule has 0 bridgehead atoms. The highest BCUT2D eigenvalue weighted by Crippen LogP contribution is 2.24. The molecule has 20 heavy (non-hydrogen) atoms. The second-order valence-electron chi connectivity index (χ2n) is 4.86. The van der Waals surface area contributed by atoms with Gasteiger partial charge in [0.05, 0.1) is 0 Å². The van der Waals surface area contributed by atoms with Gasteiger partial charge in [-0.15, -0.1) is 0 Å². The van der Waals surface area contributed by atoms with E-state index in [2.05, 4.69) is 5.32 Å². The molecule has 0 saturated heterocycles. The molecule has 0 radical (unpaired) electrons. The SMILES string of the molecule is Nc1cccc(OC2CCc3ccccc3NC2=O)c1. The van der Waals surface area contributed by atoms with Crippen LogP contribution in [0.1, 0.15) is 12.0 Å². The number of hydrogen-bond donors (Lipinski definition) is 2. The van der Waals surface area contributed by atoms with Crippen molar-refractivity contribution in [1.29, 1.82) is 0 Å². The number of para-hydroxylation sites is 1.